The molecule has 1 atom stereocenters. The second-order valence-electron chi connectivity index (χ2n) is 3.13. The Morgan fingerprint density at radius 1 is 1.43 bits per heavy atom. The molecule has 0 bridgehead atoms. The van der Waals surface area contributed by atoms with Crippen molar-refractivity contribution < 1.29 is 9.53 Å². The van der Waals surface area contributed by atoms with Gasteiger partial charge < -0.3 is 4.74 Å². The van der Waals surface area contributed by atoms with Gasteiger partial charge in [0.05, 0.1) is 6.61 Å². The molecule has 0 aromatic heterocycles. The Hall–Kier alpha value is 0.340. The maximum absolute atomic E-state index is 10.5. The fourth-order valence-electron chi connectivity index (χ4n) is 1.14. The zero-order valence-electron chi connectivity index (χ0n) is 8.36. The van der Waals surface area contributed by atoms with Gasteiger partial charge in [-0.1, -0.05) is 41.7 Å². The van der Waals surface area contributed by atoms with Gasteiger partial charge in [-0.05, 0) is 19.3 Å². The number of rotatable bonds is 5. The fraction of sp³-hybridized carbons (Fsp3) is 0.889. The molecule has 0 heterocycles. The van der Waals surface area contributed by atoms with Crippen LogP contribution in [0.2, 0.25) is 0 Å². The average molecular weight is 262 g/mol. The molecule has 84 valence electrons. The van der Waals surface area contributed by atoms with Crippen LogP contribution < -0.4 is 0 Å². The Labute approximate surface area is 99.8 Å². The van der Waals surface area contributed by atoms with Gasteiger partial charge in [-0.15, -0.1) is 0 Å². The van der Waals surface area contributed by atoms with Gasteiger partial charge in [0.25, 0.3) is 0 Å². The van der Waals surface area contributed by atoms with Gasteiger partial charge in [0.15, 0.2) is 3.79 Å². The molecule has 14 heavy (non-hydrogen) atoms. The van der Waals surface area contributed by atoms with Crippen molar-refractivity contribution >= 4 is 40.8 Å². The molecule has 0 aliphatic carbocycles. The van der Waals surface area contributed by atoms with E-state index in [0.29, 0.717) is 6.61 Å². The van der Waals surface area contributed by atoms with E-state index in [1.54, 1.807) is 0 Å². The lowest BCUT2D eigenvalue weighted by molar-refractivity contribution is -0.141. The summed E-state index contributed by atoms with van der Waals surface area (Å²) in [4.78, 5) is 10.5. The van der Waals surface area contributed by atoms with E-state index < -0.39 is 3.79 Å². The molecule has 0 saturated carbocycles. The number of alkyl halides is 3. The summed E-state index contributed by atoms with van der Waals surface area (Å²) in [6, 6.07) is 0. The van der Waals surface area contributed by atoms with Crippen LogP contribution in [0.25, 0.3) is 0 Å². The summed E-state index contributed by atoms with van der Waals surface area (Å²) < 4.78 is 3.56. The van der Waals surface area contributed by atoms with Crippen molar-refractivity contribution in [3.63, 3.8) is 0 Å². The van der Waals surface area contributed by atoms with Crippen molar-refractivity contribution in [1.29, 1.82) is 0 Å². The summed E-state index contributed by atoms with van der Waals surface area (Å²) in [5.74, 6) is -0.255. The number of carbonyl (C=O) groups is 1. The first-order chi connectivity index (χ1) is 6.38. The molecule has 5 heteroatoms. The molecule has 0 amide bonds. The zero-order chi connectivity index (χ0) is 11.2. The van der Waals surface area contributed by atoms with E-state index in [-0.39, 0.29) is 11.9 Å². The van der Waals surface area contributed by atoms with E-state index >= 15 is 0 Å². The standard InChI is InChI=1S/C9H15Cl3O2/c1-3-8(9(10,11)12)5-4-6-14-7(2)13/h8H,3-6H2,1-2H3. The third kappa shape index (κ3) is 6.74. The third-order valence-electron chi connectivity index (χ3n) is 1.96. The monoisotopic (exact) mass is 260 g/mol. The summed E-state index contributed by atoms with van der Waals surface area (Å²) >= 11 is 17.3. The van der Waals surface area contributed by atoms with Crippen molar-refractivity contribution in [3.05, 3.63) is 0 Å². The first-order valence-electron chi connectivity index (χ1n) is 4.58. The van der Waals surface area contributed by atoms with Gasteiger partial charge >= 0.3 is 5.97 Å². The number of halogens is 3. The number of esters is 1. The topological polar surface area (TPSA) is 26.3 Å². The highest BCUT2D eigenvalue weighted by atomic mass is 35.6. The number of carbonyl (C=O) groups excluding carboxylic acids is 1. The Morgan fingerprint density at radius 3 is 2.36 bits per heavy atom. The molecule has 0 saturated heterocycles. The molecule has 0 N–H and O–H groups in total. The van der Waals surface area contributed by atoms with Crippen LogP contribution in [-0.2, 0) is 9.53 Å². The summed E-state index contributed by atoms with van der Waals surface area (Å²) in [5.41, 5.74) is 0. The van der Waals surface area contributed by atoms with Gasteiger partial charge in [-0.3, -0.25) is 4.79 Å². The first kappa shape index (κ1) is 14.3. The van der Waals surface area contributed by atoms with E-state index in [1.807, 2.05) is 6.92 Å². The molecule has 0 spiro atoms. The Balaban J connectivity index is 3.69. The molecular weight excluding hydrogens is 246 g/mol. The van der Waals surface area contributed by atoms with Crippen LogP contribution in [0, 0.1) is 5.92 Å². The molecule has 0 rings (SSSR count). The van der Waals surface area contributed by atoms with Crippen LogP contribution in [0.3, 0.4) is 0 Å². The second-order valence-corrected chi connectivity index (χ2v) is 5.50. The molecule has 0 radical (unpaired) electrons. The van der Waals surface area contributed by atoms with E-state index in [0.717, 1.165) is 19.3 Å². The van der Waals surface area contributed by atoms with Crippen molar-refractivity contribution in [2.75, 3.05) is 6.61 Å². The largest absolute Gasteiger partial charge is 0.466 e. The minimum Gasteiger partial charge on any atom is -0.466 e. The normalized spacial score (nSPS) is 13.8. The zero-order valence-corrected chi connectivity index (χ0v) is 10.6. The lowest BCUT2D eigenvalue weighted by Crippen LogP contribution is -2.19. The quantitative estimate of drug-likeness (QED) is 0.428. The molecule has 0 aromatic carbocycles. The van der Waals surface area contributed by atoms with Crippen LogP contribution in [0.1, 0.15) is 33.1 Å². The van der Waals surface area contributed by atoms with Crippen molar-refractivity contribution in [2.45, 2.75) is 36.9 Å². The number of hydrogen-bond acceptors (Lipinski definition) is 2. The van der Waals surface area contributed by atoms with Crippen LogP contribution in [0.15, 0.2) is 0 Å². The Kier molecular flexibility index (Phi) is 6.92. The maximum atomic E-state index is 10.5. The van der Waals surface area contributed by atoms with Crippen molar-refractivity contribution in [1.82, 2.24) is 0 Å². The van der Waals surface area contributed by atoms with Crippen LogP contribution in [0.4, 0.5) is 0 Å². The van der Waals surface area contributed by atoms with E-state index in [4.69, 9.17) is 39.5 Å². The summed E-state index contributed by atoms with van der Waals surface area (Å²) in [7, 11) is 0. The Morgan fingerprint density at radius 2 is 2.00 bits per heavy atom. The van der Waals surface area contributed by atoms with Crippen molar-refractivity contribution in [2.24, 2.45) is 5.92 Å². The molecule has 0 aliphatic rings. The van der Waals surface area contributed by atoms with E-state index in [1.165, 1.54) is 6.92 Å². The lowest BCUT2D eigenvalue weighted by Gasteiger charge is -2.22. The number of hydrogen-bond donors (Lipinski definition) is 0. The number of ether oxygens (including phenoxy) is 1. The van der Waals surface area contributed by atoms with Gasteiger partial charge in [-0.25, -0.2) is 0 Å². The van der Waals surface area contributed by atoms with Crippen LogP contribution >= 0.6 is 34.8 Å². The van der Waals surface area contributed by atoms with E-state index in [9.17, 15) is 4.79 Å². The highest BCUT2D eigenvalue weighted by molar-refractivity contribution is 6.67. The van der Waals surface area contributed by atoms with Crippen LogP contribution in [-0.4, -0.2) is 16.4 Å². The molecular formula is C9H15Cl3O2. The summed E-state index contributed by atoms with van der Waals surface area (Å²) in [6.45, 7) is 3.75. The minimum atomic E-state index is -1.22. The molecule has 0 aliphatic heterocycles. The van der Waals surface area contributed by atoms with Gasteiger partial charge in [0.2, 0.25) is 0 Å². The molecule has 1 unspecified atom stereocenters. The smallest absolute Gasteiger partial charge is 0.302 e. The Bertz CT molecular complexity index is 177. The fourth-order valence-corrected chi connectivity index (χ4v) is 1.94. The third-order valence-corrected chi connectivity index (χ3v) is 2.88. The van der Waals surface area contributed by atoms with Crippen molar-refractivity contribution in [3.8, 4) is 0 Å². The van der Waals surface area contributed by atoms with Gasteiger partial charge in [0, 0.05) is 12.8 Å². The van der Waals surface area contributed by atoms with Crippen LogP contribution in [0.5, 0.6) is 0 Å². The van der Waals surface area contributed by atoms with Gasteiger partial charge in [0.1, 0.15) is 0 Å². The first-order valence-corrected chi connectivity index (χ1v) is 5.71. The molecule has 0 fully saturated rings. The predicted molar refractivity (Wildman–Crippen MR) is 59.9 cm³/mol. The summed E-state index contributed by atoms with van der Waals surface area (Å²) in [6.07, 6.45) is 2.28. The highest BCUT2D eigenvalue weighted by Gasteiger charge is 2.30. The summed E-state index contributed by atoms with van der Waals surface area (Å²) in [5, 5.41) is 0. The SMILES string of the molecule is CCC(CCCOC(C)=O)C(Cl)(Cl)Cl. The average Bonchev–Trinajstić information content (AvgIpc) is 2.01. The van der Waals surface area contributed by atoms with Gasteiger partial charge in [-0.2, -0.15) is 0 Å². The molecule has 0 aromatic rings. The predicted octanol–water partition coefficient (Wildman–Crippen LogP) is 3.73. The second kappa shape index (κ2) is 6.76. The molecule has 2 nitrogen and oxygen atoms in total. The van der Waals surface area contributed by atoms with E-state index in [2.05, 4.69) is 0 Å². The maximum Gasteiger partial charge on any atom is 0.302 e. The highest BCUT2D eigenvalue weighted by Crippen LogP contribution is 2.39. The minimum absolute atomic E-state index is 0.0167. The lowest BCUT2D eigenvalue weighted by atomic mass is 10.0.